The summed E-state index contributed by atoms with van der Waals surface area (Å²) < 4.78 is 2.73. The molecule has 0 saturated heterocycles. The van der Waals surface area contributed by atoms with Gasteiger partial charge in [-0.05, 0) is 58.4 Å². The largest absolute Gasteiger partial charge is 0.384 e. The van der Waals surface area contributed by atoms with Crippen LogP contribution in [0.1, 0.15) is 39.0 Å². The van der Waals surface area contributed by atoms with Crippen LogP contribution in [-0.2, 0) is 5.60 Å². The first-order valence-electron chi connectivity index (χ1n) is 8.14. The maximum Gasteiger partial charge on any atom is 0.103 e. The Labute approximate surface area is 174 Å². The molecule has 2 rings (SSSR count). The van der Waals surface area contributed by atoms with E-state index in [0.29, 0.717) is 16.4 Å². The van der Waals surface area contributed by atoms with Crippen molar-refractivity contribution < 1.29 is 5.11 Å². The third-order valence-electron chi connectivity index (χ3n) is 3.58. The van der Waals surface area contributed by atoms with Gasteiger partial charge in [0.05, 0.1) is 23.0 Å². The summed E-state index contributed by atoms with van der Waals surface area (Å²) >= 11 is 15.7. The lowest BCUT2D eigenvalue weighted by molar-refractivity contribution is 0.0735. The standard InChI is InChI=1S/C17H19BrCl2N2O.C3H6/c1-10-7-12(18)5-6-13(10)14-8-16(17(3,4)23)21-22(14)15(9-19)11(2)20;1-3-2/h5-8,23H,9H2,1-4H3;3H,1H2,2H3/b15-11-;. The number of halogens is 3. The summed E-state index contributed by atoms with van der Waals surface area (Å²) in [5.74, 6) is 0.227. The first-order valence-corrected chi connectivity index (χ1v) is 9.85. The van der Waals surface area contributed by atoms with E-state index in [0.717, 1.165) is 21.3 Å². The molecule has 0 bridgehead atoms. The number of alkyl halides is 1. The molecule has 3 nitrogen and oxygen atoms in total. The molecule has 0 aliphatic rings. The van der Waals surface area contributed by atoms with Crippen LogP contribution < -0.4 is 0 Å². The topological polar surface area (TPSA) is 38.0 Å². The first kappa shape index (κ1) is 23.0. The number of nitrogens with zero attached hydrogens (tertiary/aromatic N) is 2. The average Bonchev–Trinajstić information content (AvgIpc) is 2.93. The fraction of sp³-hybridized carbons (Fsp3) is 0.350. The zero-order valence-electron chi connectivity index (χ0n) is 15.8. The lowest BCUT2D eigenvalue weighted by Crippen LogP contribution is -2.17. The molecule has 0 aliphatic heterocycles. The predicted molar refractivity (Wildman–Crippen MR) is 117 cm³/mol. The monoisotopic (exact) mass is 458 g/mol. The molecule has 0 saturated carbocycles. The van der Waals surface area contributed by atoms with E-state index in [2.05, 4.69) is 27.6 Å². The quantitative estimate of drug-likeness (QED) is 0.407. The van der Waals surface area contributed by atoms with Crippen LogP contribution in [0.2, 0.25) is 0 Å². The summed E-state index contributed by atoms with van der Waals surface area (Å²) in [5.41, 5.74) is 3.15. The number of allylic oxidation sites excluding steroid dienone is 3. The van der Waals surface area contributed by atoms with Gasteiger partial charge in [0.15, 0.2) is 0 Å². The predicted octanol–water partition coefficient (Wildman–Crippen LogP) is 6.71. The maximum atomic E-state index is 10.3. The van der Waals surface area contributed by atoms with E-state index in [4.69, 9.17) is 23.2 Å². The summed E-state index contributed by atoms with van der Waals surface area (Å²) in [7, 11) is 0. The van der Waals surface area contributed by atoms with Gasteiger partial charge in [0.2, 0.25) is 0 Å². The zero-order chi connectivity index (χ0) is 20.1. The number of rotatable bonds is 4. The van der Waals surface area contributed by atoms with Gasteiger partial charge in [0.25, 0.3) is 0 Å². The van der Waals surface area contributed by atoms with Gasteiger partial charge in [-0.3, -0.25) is 0 Å². The van der Waals surface area contributed by atoms with Crippen molar-refractivity contribution in [2.45, 2.75) is 40.2 Å². The lowest BCUT2D eigenvalue weighted by Gasteiger charge is -2.14. The van der Waals surface area contributed by atoms with Crippen molar-refractivity contribution in [2.75, 3.05) is 5.88 Å². The van der Waals surface area contributed by atoms with Crippen molar-refractivity contribution in [3.8, 4) is 11.3 Å². The summed E-state index contributed by atoms with van der Waals surface area (Å²) in [6.07, 6.45) is 1.75. The molecule has 0 atom stereocenters. The van der Waals surface area contributed by atoms with Gasteiger partial charge in [-0.25, -0.2) is 4.68 Å². The molecule has 142 valence electrons. The van der Waals surface area contributed by atoms with E-state index in [1.807, 2.05) is 38.1 Å². The highest BCUT2D eigenvalue weighted by atomic mass is 79.9. The number of hydrogen-bond acceptors (Lipinski definition) is 2. The van der Waals surface area contributed by atoms with Crippen molar-refractivity contribution in [1.82, 2.24) is 9.78 Å². The number of hydrogen-bond donors (Lipinski definition) is 1. The Hall–Kier alpha value is -1.07. The van der Waals surface area contributed by atoms with E-state index < -0.39 is 5.60 Å². The highest BCUT2D eigenvalue weighted by molar-refractivity contribution is 9.10. The van der Waals surface area contributed by atoms with Crippen molar-refractivity contribution in [1.29, 1.82) is 0 Å². The van der Waals surface area contributed by atoms with Crippen LogP contribution in [-0.4, -0.2) is 20.8 Å². The summed E-state index contributed by atoms with van der Waals surface area (Å²) in [6.45, 7) is 12.5. The molecule has 0 radical (unpaired) electrons. The molecule has 0 unspecified atom stereocenters. The number of aromatic nitrogens is 2. The minimum Gasteiger partial charge on any atom is -0.384 e. The average molecular weight is 460 g/mol. The second-order valence-electron chi connectivity index (χ2n) is 6.37. The van der Waals surface area contributed by atoms with E-state index >= 15 is 0 Å². The third kappa shape index (κ3) is 5.71. The maximum absolute atomic E-state index is 10.3. The minimum absolute atomic E-state index is 0.227. The molecule has 6 heteroatoms. The van der Waals surface area contributed by atoms with E-state index in [1.165, 1.54) is 0 Å². The third-order valence-corrected chi connectivity index (χ3v) is 4.55. The van der Waals surface area contributed by atoms with Gasteiger partial charge < -0.3 is 5.11 Å². The molecular weight excluding hydrogens is 435 g/mol. The van der Waals surface area contributed by atoms with Gasteiger partial charge >= 0.3 is 0 Å². The molecule has 1 aromatic carbocycles. The Bertz CT molecular complexity index is 801. The van der Waals surface area contributed by atoms with E-state index in [-0.39, 0.29) is 5.88 Å². The Kier molecular flexibility index (Phi) is 8.61. The Balaban J connectivity index is 0.00000105. The van der Waals surface area contributed by atoms with Crippen molar-refractivity contribution in [3.63, 3.8) is 0 Å². The van der Waals surface area contributed by atoms with Gasteiger partial charge in [0, 0.05) is 15.1 Å². The summed E-state index contributed by atoms with van der Waals surface area (Å²) in [4.78, 5) is 0. The van der Waals surface area contributed by atoms with E-state index in [9.17, 15) is 5.11 Å². The van der Waals surface area contributed by atoms with Crippen molar-refractivity contribution >= 4 is 44.8 Å². The molecule has 0 amide bonds. The molecular formula is C20H25BrCl2N2O. The normalized spacial score (nSPS) is 12.2. The Morgan fingerprint density at radius 3 is 2.38 bits per heavy atom. The number of aliphatic hydroxyl groups is 1. The number of benzene rings is 1. The van der Waals surface area contributed by atoms with E-state index in [1.54, 1.807) is 31.5 Å². The zero-order valence-corrected chi connectivity index (χ0v) is 18.9. The van der Waals surface area contributed by atoms with Crippen LogP contribution in [0.25, 0.3) is 17.0 Å². The lowest BCUT2D eigenvalue weighted by atomic mass is 10.0. The molecule has 0 spiro atoms. The SMILES string of the molecule is C/C(Cl)=C(\CCl)n1nc(C(C)(C)O)cc1-c1ccc(Br)cc1C.C=CC. The second kappa shape index (κ2) is 9.75. The van der Waals surface area contributed by atoms with Crippen molar-refractivity contribution in [2.24, 2.45) is 0 Å². The smallest absolute Gasteiger partial charge is 0.103 e. The Morgan fingerprint density at radius 2 is 1.96 bits per heavy atom. The molecule has 0 fully saturated rings. The first-order chi connectivity index (χ1) is 12.1. The van der Waals surface area contributed by atoms with Crippen LogP contribution >= 0.6 is 39.1 Å². The molecule has 1 N–H and O–H groups in total. The van der Waals surface area contributed by atoms with Crippen LogP contribution in [0.4, 0.5) is 0 Å². The molecule has 1 aromatic heterocycles. The van der Waals surface area contributed by atoms with Gasteiger partial charge in [-0.2, -0.15) is 5.10 Å². The second-order valence-corrected chi connectivity index (χ2v) is 8.12. The van der Waals surface area contributed by atoms with Gasteiger partial charge in [0.1, 0.15) is 5.60 Å². The van der Waals surface area contributed by atoms with Crippen LogP contribution in [0.5, 0.6) is 0 Å². The highest BCUT2D eigenvalue weighted by Crippen LogP contribution is 2.32. The van der Waals surface area contributed by atoms with Crippen LogP contribution in [0.3, 0.4) is 0 Å². The molecule has 0 aliphatic carbocycles. The minimum atomic E-state index is -1.05. The fourth-order valence-electron chi connectivity index (χ4n) is 2.29. The van der Waals surface area contributed by atoms with Crippen molar-refractivity contribution in [3.05, 3.63) is 57.7 Å². The summed E-state index contributed by atoms with van der Waals surface area (Å²) in [6, 6.07) is 7.90. The number of aryl methyl sites for hydroxylation is 1. The van der Waals surface area contributed by atoms with Gasteiger partial charge in [-0.15, -0.1) is 18.2 Å². The summed E-state index contributed by atoms with van der Waals surface area (Å²) in [5, 5.41) is 15.4. The van der Waals surface area contributed by atoms with Crippen LogP contribution in [0.15, 0.2) is 46.4 Å². The molecule has 26 heavy (non-hydrogen) atoms. The highest BCUT2D eigenvalue weighted by Gasteiger charge is 2.24. The molecule has 1 heterocycles. The fourth-order valence-corrected chi connectivity index (χ4v) is 3.29. The Morgan fingerprint density at radius 1 is 1.38 bits per heavy atom. The van der Waals surface area contributed by atoms with Gasteiger partial charge in [-0.1, -0.05) is 39.7 Å². The van der Waals surface area contributed by atoms with Crippen LogP contribution in [0, 0.1) is 6.92 Å². The molecule has 2 aromatic rings.